The minimum atomic E-state index is -0.881. The van der Waals surface area contributed by atoms with E-state index in [0.717, 1.165) is 0 Å². The molecule has 0 saturated carbocycles. The monoisotopic (exact) mass is 257 g/mol. The van der Waals surface area contributed by atoms with Gasteiger partial charge in [-0.3, -0.25) is 10.2 Å². The van der Waals surface area contributed by atoms with Crippen molar-refractivity contribution >= 4 is 18.2 Å². The molecule has 0 spiro atoms. The highest BCUT2D eigenvalue weighted by Crippen LogP contribution is 2.15. The predicted octanol–water partition coefficient (Wildman–Crippen LogP) is -0.601. The largest absolute Gasteiger partial charge is 0.451 e. The number of guanidine groups is 1. The Bertz CT molecular complexity index is 305. The average molecular weight is 257 g/mol. The fourth-order valence-corrected chi connectivity index (χ4v) is 1.41. The summed E-state index contributed by atoms with van der Waals surface area (Å²) >= 11 is 0. The van der Waals surface area contributed by atoms with E-state index in [1.54, 1.807) is 13.8 Å². The van der Waals surface area contributed by atoms with Gasteiger partial charge in [0.25, 0.3) is 0 Å². The van der Waals surface area contributed by atoms with Crippen molar-refractivity contribution < 1.29 is 14.3 Å². The molecule has 0 heterocycles. The van der Waals surface area contributed by atoms with Crippen LogP contribution in [0.1, 0.15) is 33.1 Å². The van der Waals surface area contributed by atoms with Gasteiger partial charge in [0, 0.05) is 13.0 Å². The van der Waals surface area contributed by atoms with E-state index < -0.39 is 11.6 Å². The molecule has 6 N–H and O–H groups in total. The van der Waals surface area contributed by atoms with Crippen molar-refractivity contribution in [2.45, 2.75) is 44.8 Å². The zero-order valence-electron chi connectivity index (χ0n) is 10.8. The van der Waals surface area contributed by atoms with Crippen LogP contribution < -0.4 is 16.8 Å². The van der Waals surface area contributed by atoms with Crippen LogP contribution in [0.4, 0.5) is 0 Å². The van der Waals surface area contributed by atoms with Crippen LogP contribution in [0.15, 0.2) is 0 Å². The molecule has 0 aliphatic heterocycles. The SMILES string of the molecule is CC(C)(CC(=O)[C@@H](N)CCCNC(=N)N)O[C]=O. The molecule has 0 rings (SSSR count). The van der Waals surface area contributed by atoms with Gasteiger partial charge in [0.2, 0.25) is 0 Å². The number of hydrogen-bond acceptors (Lipinski definition) is 5. The summed E-state index contributed by atoms with van der Waals surface area (Å²) in [7, 11) is 0. The van der Waals surface area contributed by atoms with Crippen molar-refractivity contribution in [2.24, 2.45) is 11.5 Å². The second-order valence-electron chi connectivity index (χ2n) is 4.68. The highest BCUT2D eigenvalue weighted by atomic mass is 16.5. The summed E-state index contributed by atoms with van der Waals surface area (Å²) in [6.07, 6.45) is 1.18. The number of ketones is 1. The van der Waals surface area contributed by atoms with E-state index in [4.69, 9.17) is 16.9 Å². The molecule has 7 nitrogen and oxygen atoms in total. The third-order valence-electron chi connectivity index (χ3n) is 2.34. The molecule has 7 heteroatoms. The first-order valence-electron chi connectivity index (χ1n) is 5.70. The lowest BCUT2D eigenvalue weighted by atomic mass is 9.96. The molecule has 0 aliphatic carbocycles. The first-order valence-corrected chi connectivity index (χ1v) is 5.70. The fraction of sp³-hybridized carbons (Fsp3) is 0.727. The maximum absolute atomic E-state index is 11.7. The Kier molecular flexibility index (Phi) is 6.96. The summed E-state index contributed by atoms with van der Waals surface area (Å²) in [6.45, 7) is 5.07. The van der Waals surface area contributed by atoms with Crippen LogP contribution in [0, 0.1) is 5.41 Å². The molecule has 0 aromatic carbocycles. The fourth-order valence-electron chi connectivity index (χ4n) is 1.41. The Hall–Kier alpha value is -1.63. The van der Waals surface area contributed by atoms with E-state index in [1.165, 1.54) is 6.47 Å². The summed E-state index contributed by atoms with van der Waals surface area (Å²) in [6, 6.07) is -0.603. The smallest absolute Gasteiger partial charge is 0.418 e. The van der Waals surface area contributed by atoms with Crippen molar-refractivity contribution in [3.05, 3.63) is 0 Å². The lowest BCUT2D eigenvalue weighted by Gasteiger charge is -2.22. The molecule has 0 amide bonds. The van der Waals surface area contributed by atoms with E-state index in [0.29, 0.717) is 19.4 Å². The number of carbonyl (C=O) groups excluding carboxylic acids is 2. The molecule has 0 bridgehead atoms. The van der Waals surface area contributed by atoms with Gasteiger partial charge in [0.1, 0.15) is 5.60 Å². The van der Waals surface area contributed by atoms with Crippen molar-refractivity contribution in [1.82, 2.24) is 5.32 Å². The van der Waals surface area contributed by atoms with E-state index in [2.05, 4.69) is 10.1 Å². The van der Waals surface area contributed by atoms with Gasteiger partial charge >= 0.3 is 6.47 Å². The minimum Gasteiger partial charge on any atom is -0.451 e. The number of carbonyl (C=O) groups is 1. The normalized spacial score (nSPS) is 12.6. The highest BCUT2D eigenvalue weighted by molar-refractivity contribution is 5.84. The molecule has 0 saturated heterocycles. The van der Waals surface area contributed by atoms with Gasteiger partial charge in [-0.2, -0.15) is 0 Å². The maximum atomic E-state index is 11.7. The Labute approximate surface area is 107 Å². The molecular formula is C11H21N4O3. The average Bonchev–Trinajstić information content (AvgIpc) is 2.22. The molecule has 103 valence electrons. The summed E-state index contributed by atoms with van der Waals surface area (Å²) < 4.78 is 4.67. The summed E-state index contributed by atoms with van der Waals surface area (Å²) in [5, 5.41) is 9.57. The minimum absolute atomic E-state index is 0.0591. The van der Waals surface area contributed by atoms with Crippen LogP contribution in [-0.2, 0) is 14.3 Å². The highest BCUT2D eigenvalue weighted by Gasteiger charge is 2.26. The summed E-state index contributed by atoms with van der Waals surface area (Å²) in [4.78, 5) is 21.9. The third kappa shape index (κ3) is 7.61. The molecule has 1 radical (unpaired) electrons. The van der Waals surface area contributed by atoms with Crippen molar-refractivity contribution in [3.8, 4) is 0 Å². The Balaban J connectivity index is 3.96. The van der Waals surface area contributed by atoms with Gasteiger partial charge in [-0.25, -0.2) is 4.79 Å². The van der Waals surface area contributed by atoms with Gasteiger partial charge in [-0.15, -0.1) is 0 Å². The summed E-state index contributed by atoms with van der Waals surface area (Å²) in [5.74, 6) is -0.274. The molecular weight excluding hydrogens is 236 g/mol. The van der Waals surface area contributed by atoms with Gasteiger partial charge in [-0.05, 0) is 26.7 Å². The topological polar surface area (TPSA) is 131 Å². The van der Waals surface area contributed by atoms with Gasteiger partial charge in [0.15, 0.2) is 11.7 Å². The molecule has 0 aliphatic rings. The lowest BCUT2D eigenvalue weighted by molar-refractivity contribution is -0.123. The number of ether oxygens (including phenoxy) is 1. The van der Waals surface area contributed by atoms with E-state index >= 15 is 0 Å². The Morgan fingerprint density at radius 3 is 2.67 bits per heavy atom. The predicted molar refractivity (Wildman–Crippen MR) is 67.6 cm³/mol. The molecule has 0 fully saturated rings. The second kappa shape index (κ2) is 7.65. The van der Waals surface area contributed by atoms with Crippen LogP contribution in [0.5, 0.6) is 0 Å². The second-order valence-corrected chi connectivity index (χ2v) is 4.68. The van der Waals surface area contributed by atoms with Crippen LogP contribution in [-0.4, -0.2) is 36.4 Å². The van der Waals surface area contributed by atoms with E-state index in [9.17, 15) is 9.59 Å². The van der Waals surface area contributed by atoms with Crippen LogP contribution in [0.2, 0.25) is 0 Å². The van der Waals surface area contributed by atoms with E-state index in [1.807, 2.05) is 0 Å². The maximum Gasteiger partial charge on any atom is 0.418 e. The zero-order valence-corrected chi connectivity index (χ0v) is 10.8. The Morgan fingerprint density at radius 2 is 2.17 bits per heavy atom. The van der Waals surface area contributed by atoms with Crippen molar-refractivity contribution in [2.75, 3.05) is 6.54 Å². The third-order valence-corrected chi connectivity index (χ3v) is 2.34. The molecule has 0 unspecified atom stereocenters. The molecule has 0 aromatic rings. The quantitative estimate of drug-likeness (QED) is 0.248. The van der Waals surface area contributed by atoms with Gasteiger partial charge in [-0.1, -0.05) is 0 Å². The van der Waals surface area contributed by atoms with Gasteiger partial charge in [0.05, 0.1) is 6.04 Å². The van der Waals surface area contributed by atoms with Crippen LogP contribution in [0.25, 0.3) is 0 Å². The van der Waals surface area contributed by atoms with Crippen molar-refractivity contribution in [1.29, 1.82) is 5.41 Å². The van der Waals surface area contributed by atoms with Gasteiger partial charge < -0.3 is 21.5 Å². The lowest BCUT2D eigenvalue weighted by Crippen LogP contribution is -2.38. The number of hydrogen-bond donors (Lipinski definition) is 4. The van der Waals surface area contributed by atoms with E-state index in [-0.39, 0.29) is 18.2 Å². The molecule has 18 heavy (non-hydrogen) atoms. The molecule has 0 aromatic heterocycles. The number of nitrogens with one attached hydrogen (secondary N) is 2. The summed E-state index contributed by atoms with van der Waals surface area (Å²) in [5.41, 5.74) is 9.95. The zero-order chi connectivity index (χ0) is 14.2. The number of nitrogens with two attached hydrogens (primary N) is 2. The Morgan fingerprint density at radius 1 is 1.56 bits per heavy atom. The standard InChI is InChI=1S/C11H21N4O3/c1-11(2,18-7-16)6-9(17)8(12)4-3-5-15-10(13)14/h8H,3-6,12H2,1-2H3,(H4,13,14,15)/t8-/m0/s1. The van der Waals surface area contributed by atoms with Crippen molar-refractivity contribution in [3.63, 3.8) is 0 Å². The van der Waals surface area contributed by atoms with Crippen LogP contribution in [0.3, 0.4) is 0 Å². The number of rotatable bonds is 9. The first-order chi connectivity index (χ1) is 8.28. The van der Waals surface area contributed by atoms with Crippen LogP contribution >= 0.6 is 0 Å². The first kappa shape index (κ1) is 16.4. The molecule has 1 atom stereocenters. The number of Topliss-reactive ketones (excluding diaryl/α,β-unsaturated/α-hetero) is 1.